The van der Waals surface area contributed by atoms with Crippen LogP contribution < -0.4 is 10.5 Å². The average Bonchev–Trinajstić information content (AvgIpc) is 2.88. The highest BCUT2D eigenvalue weighted by atomic mass is 35.5. The Balaban J connectivity index is 1.70. The largest absolute Gasteiger partial charge is 0.309 e. The van der Waals surface area contributed by atoms with Crippen molar-refractivity contribution in [2.75, 3.05) is 6.54 Å². The molecule has 0 saturated heterocycles. The Morgan fingerprint density at radius 2 is 1.60 bits per heavy atom. The van der Waals surface area contributed by atoms with Gasteiger partial charge in [0.2, 0.25) is 5.91 Å². The Morgan fingerprint density at radius 1 is 0.971 bits per heavy atom. The molecule has 0 aliphatic rings. The van der Waals surface area contributed by atoms with Crippen LogP contribution in [0.2, 0.25) is 10.0 Å². The Kier molecular flexibility index (Phi) is 9.86. The first-order valence-corrected chi connectivity index (χ1v) is 13.2. The third-order valence-corrected chi connectivity index (χ3v) is 8.24. The number of halogens is 2. The second-order valence-electron chi connectivity index (χ2n) is 7.79. The summed E-state index contributed by atoms with van der Waals surface area (Å²) < 4.78 is 13.0. The van der Waals surface area contributed by atoms with E-state index in [1.54, 1.807) is 16.6 Å². The maximum Gasteiger partial charge on any atom is 0.262 e. The SMILES string of the molecule is CC(=O)N(CCC(c1ccc(Cl)c(Cl)c1)P(=O)(NO)NO)OCc1ccc(-c2ccccc2)cc1. The van der Waals surface area contributed by atoms with Crippen LogP contribution in [0, 0.1) is 0 Å². The molecule has 0 aliphatic carbocycles. The Morgan fingerprint density at radius 3 is 2.17 bits per heavy atom. The molecule has 1 amide bonds. The van der Waals surface area contributed by atoms with Crippen LogP contribution in [-0.2, 0) is 20.8 Å². The molecule has 3 aromatic rings. The minimum atomic E-state index is -3.93. The van der Waals surface area contributed by atoms with E-state index in [1.807, 2.05) is 54.6 Å². The van der Waals surface area contributed by atoms with Gasteiger partial charge in [0.1, 0.15) is 6.61 Å². The number of hydrogen-bond donors (Lipinski definition) is 4. The van der Waals surface area contributed by atoms with E-state index in [2.05, 4.69) is 0 Å². The lowest BCUT2D eigenvalue weighted by molar-refractivity contribution is -0.189. The van der Waals surface area contributed by atoms with Gasteiger partial charge in [0, 0.05) is 13.5 Å². The molecule has 1 unspecified atom stereocenters. The molecule has 0 spiro atoms. The zero-order chi connectivity index (χ0) is 25.4. The highest BCUT2D eigenvalue weighted by molar-refractivity contribution is 7.59. The van der Waals surface area contributed by atoms with Crippen LogP contribution in [0.3, 0.4) is 0 Å². The molecule has 0 fully saturated rings. The van der Waals surface area contributed by atoms with Gasteiger partial charge in [-0.05, 0) is 40.8 Å². The van der Waals surface area contributed by atoms with Crippen LogP contribution in [-0.4, -0.2) is 27.9 Å². The summed E-state index contributed by atoms with van der Waals surface area (Å²) in [5.41, 5.74) is 2.49. The third-order valence-electron chi connectivity index (χ3n) is 5.47. The quantitative estimate of drug-likeness (QED) is 0.169. The first-order chi connectivity index (χ1) is 16.8. The molecule has 0 heterocycles. The summed E-state index contributed by atoms with van der Waals surface area (Å²) in [6.45, 7) is 1.51. The van der Waals surface area contributed by atoms with Crippen LogP contribution in [0.1, 0.15) is 30.1 Å². The minimum absolute atomic E-state index is 0.0235. The van der Waals surface area contributed by atoms with Gasteiger partial charge in [0.25, 0.3) is 7.44 Å². The number of nitrogens with one attached hydrogen (secondary N) is 2. The summed E-state index contributed by atoms with van der Waals surface area (Å²) in [4.78, 5) is 17.9. The van der Waals surface area contributed by atoms with Crippen molar-refractivity contribution in [2.45, 2.75) is 25.6 Å². The summed E-state index contributed by atoms with van der Waals surface area (Å²) >= 11 is 12.1. The molecule has 0 radical (unpaired) electrons. The molecule has 0 aliphatic heterocycles. The van der Waals surface area contributed by atoms with E-state index < -0.39 is 13.1 Å². The summed E-state index contributed by atoms with van der Waals surface area (Å²) in [5, 5.41) is 23.9. The maximum absolute atomic E-state index is 13.0. The fourth-order valence-corrected chi connectivity index (χ4v) is 5.26. The van der Waals surface area contributed by atoms with Gasteiger partial charge in [0.05, 0.1) is 15.7 Å². The van der Waals surface area contributed by atoms with E-state index in [1.165, 1.54) is 19.1 Å². The monoisotopic (exact) mass is 537 g/mol. The standard InChI is InChI=1S/C24H26Cl2N3O5P/c1-17(30)29(34-16-18-7-9-20(10-8-18)19-5-3-2-4-6-19)14-13-24(35(33,27-31)28-32)21-11-12-22(25)23(26)15-21/h2-12,15,24,31-32H,13-14,16H2,1H3,(H2,27,28,33). The first kappa shape index (κ1) is 27.3. The minimum Gasteiger partial charge on any atom is -0.309 e. The fourth-order valence-electron chi connectivity index (χ4n) is 3.57. The fraction of sp³-hybridized carbons (Fsp3) is 0.208. The lowest BCUT2D eigenvalue weighted by Crippen LogP contribution is -2.32. The van der Waals surface area contributed by atoms with Gasteiger partial charge in [-0.2, -0.15) is 0 Å². The molecule has 0 saturated carbocycles. The lowest BCUT2D eigenvalue weighted by atomic mass is 10.0. The summed E-state index contributed by atoms with van der Waals surface area (Å²) in [7, 11) is -3.93. The molecule has 0 aromatic heterocycles. The molecule has 11 heteroatoms. The van der Waals surface area contributed by atoms with Gasteiger partial charge in [-0.1, -0.05) is 83.9 Å². The number of hydroxylamine groups is 2. The molecule has 8 nitrogen and oxygen atoms in total. The van der Waals surface area contributed by atoms with Crippen molar-refractivity contribution in [1.29, 1.82) is 0 Å². The first-order valence-electron chi connectivity index (χ1n) is 10.7. The van der Waals surface area contributed by atoms with Gasteiger partial charge in [-0.15, -0.1) is 10.5 Å². The normalized spacial score (nSPS) is 12.4. The predicted octanol–water partition coefficient (Wildman–Crippen LogP) is 6.22. The molecule has 4 N–H and O–H groups in total. The molecule has 0 bridgehead atoms. The van der Waals surface area contributed by atoms with Crippen LogP contribution in [0.25, 0.3) is 11.1 Å². The topological polar surface area (TPSA) is 111 Å². The average molecular weight is 538 g/mol. The molecule has 3 aromatic carbocycles. The number of rotatable bonds is 11. The van der Waals surface area contributed by atoms with E-state index in [0.29, 0.717) is 10.6 Å². The third kappa shape index (κ3) is 7.13. The van der Waals surface area contributed by atoms with Crippen LogP contribution in [0.5, 0.6) is 0 Å². The summed E-state index contributed by atoms with van der Waals surface area (Å²) in [5.74, 6) is -0.359. The molecule has 186 valence electrons. The molecular weight excluding hydrogens is 512 g/mol. The highest BCUT2D eigenvalue weighted by Gasteiger charge is 2.35. The van der Waals surface area contributed by atoms with Gasteiger partial charge < -0.3 is 10.4 Å². The van der Waals surface area contributed by atoms with Crippen LogP contribution in [0.4, 0.5) is 0 Å². The summed E-state index contributed by atoms with van der Waals surface area (Å²) in [6.07, 6.45) is 0.0584. The number of hydrogen-bond acceptors (Lipinski definition) is 5. The summed E-state index contributed by atoms with van der Waals surface area (Å²) in [6, 6.07) is 22.3. The van der Waals surface area contributed by atoms with E-state index in [0.717, 1.165) is 21.8 Å². The van der Waals surface area contributed by atoms with Crippen molar-refractivity contribution in [2.24, 2.45) is 0 Å². The maximum atomic E-state index is 13.0. The number of amides is 1. The zero-order valence-electron chi connectivity index (χ0n) is 18.9. The van der Waals surface area contributed by atoms with Gasteiger partial charge >= 0.3 is 0 Å². The second kappa shape index (κ2) is 12.6. The molecular formula is C24H26Cl2N3O5P. The zero-order valence-corrected chi connectivity index (χ0v) is 21.3. The van der Waals surface area contributed by atoms with Crippen molar-refractivity contribution in [3.05, 3.63) is 94.0 Å². The Hall–Kier alpha value is -2.26. The van der Waals surface area contributed by atoms with E-state index in [-0.39, 0.29) is 30.5 Å². The lowest BCUT2D eigenvalue weighted by Gasteiger charge is -2.28. The van der Waals surface area contributed by atoms with Crippen LogP contribution in [0.15, 0.2) is 72.8 Å². The van der Waals surface area contributed by atoms with Crippen molar-refractivity contribution in [3.8, 4) is 11.1 Å². The molecule has 35 heavy (non-hydrogen) atoms. The second-order valence-corrected chi connectivity index (χ2v) is 10.9. The van der Waals surface area contributed by atoms with Crippen molar-refractivity contribution < 1.29 is 24.6 Å². The molecule has 3 rings (SSSR count). The van der Waals surface area contributed by atoms with Crippen molar-refractivity contribution in [3.63, 3.8) is 0 Å². The Labute approximate surface area is 213 Å². The number of carbonyl (C=O) groups is 1. The van der Waals surface area contributed by atoms with Crippen LogP contribution >= 0.6 is 30.6 Å². The number of benzene rings is 3. The van der Waals surface area contributed by atoms with E-state index >= 15 is 0 Å². The van der Waals surface area contributed by atoms with Crippen molar-refractivity contribution in [1.82, 2.24) is 15.6 Å². The number of nitrogens with zero attached hydrogens (tertiary/aromatic N) is 1. The number of carbonyl (C=O) groups excluding carboxylic acids is 1. The van der Waals surface area contributed by atoms with Crippen molar-refractivity contribution >= 4 is 36.6 Å². The van der Waals surface area contributed by atoms with E-state index in [9.17, 15) is 19.8 Å². The van der Waals surface area contributed by atoms with E-state index in [4.69, 9.17) is 28.0 Å². The molecule has 1 atom stereocenters. The van der Waals surface area contributed by atoms with Gasteiger partial charge in [-0.3, -0.25) is 14.2 Å². The smallest absolute Gasteiger partial charge is 0.262 e. The Bertz CT molecular complexity index is 1170. The predicted molar refractivity (Wildman–Crippen MR) is 135 cm³/mol. The van der Waals surface area contributed by atoms with Gasteiger partial charge in [0.15, 0.2) is 0 Å². The van der Waals surface area contributed by atoms with Gasteiger partial charge in [-0.25, -0.2) is 5.06 Å². The highest BCUT2D eigenvalue weighted by Crippen LogP contribution is 2.53.